The highest BCUT2D eigenvalue weighted by molar-refractivity contribution is 7.32. The fraction of sp³-hybridized carbons (Fsp3) is 0.556. The lowest BCUT2D eigenvalue weighted by molar-refractivity contribution is -0.0517. The van der Waals surface area contributed by atoms with Crippen LogP contribution in [0.1, 0.15) is 6.23 Å². The standard InChI is InChI=1S/C9H13N2O8P/c12-5-1-2-11(9(15)10-5)8-7(14)6(13)4(19-8)3-18-20(16)17/h1-2,4,6-8,13-14,20H,3H2,(H,16,17)(H,10,12,15)/t4-,6-,7-,8-/m1/s1. The highest BCUT2D eigenvalue weighted by Gasteiger charge is 2.44. The van der Waals surface area contributed by atoms with Gasteiger partial charge in [0.05, 0.1) is 6.61 Å². The first-order valence-electron chi connectivity index (χ1n) is 5.59. The zero-order valence-electron chi connectivity index (χ0n) is 10.0. The van der Waals surface area contributed by atoms with Gasteiger partial charge in [0.15, 0.2) is 6.23 Å². The Morgan fingerprint density at radius 2 is 2.10 bits per heavy atom. The molecule has 1 aliphatic rings. The minimum atomic E-state index is -3.20. The molecule has 1 aromatic heterocycles. The average Bonchev–Trinajstić information content (AvgIpc) is 2.64. The summed E-state index contributed by atoms with van der Waals surface area (Å²) in [6.07, 6.45) is -4.05. The summed E-state index contributed by atoms with van der Waals surface area (Å²) >= 11 is 0. The maximum atomic E-state index is 11.6. The summed E-state index contributed by atoms with van der Waals surface area (Å²) < 4.78 is 21.0. The molecule has 1 unspecified atom stereocenters. The second-order valence-electron chi connectivity index (χ2n) is 4.14. The van der Waals surface area contributed by atoms with E-state index in [9.17, 15) is 24.4 Å². The van der Waals surface area contributed by atoms with Gasteiger partial charge in [-0.1, -0.05) is 0 Å². The Hall–Kier alpha value is -1.29. The first-order valence-corrected chi connectivity index (χ1v) is 6.85. The third-order valence-electron chi connectivity index (χ3n) is 2.83. The van der Waals surface area contributed by atoms with Crippen LogP contribution in [0.25, 0.3) is 0 Å². The summed E-state index contributed by atoms with van der Waals surface area (Å²) in [5.41, 5.74) is -1.43. The van der Waals surface area contributed by atoms with Gasteiger partial charge in [-0.2, -0.15) is 0 Å². The van der Waals surface area contributed by atoms with Crippen molar-refractivity contribution in [3.05, 3.63) is 33.1 Å². The molecule has 2 rings (SSSR count). The van der Waals surface area contributed by atoms with Crippen LogP contribution in [0, 0.1) is 0 Å². The molecule has 0 aromatic carbocycles. The zero-order chi connectivity index (χ0) is 14.9. The third kappa shape index (κ3) is 3.06. The second kappa shape index (κ2) is 6.00. The molecule has 5 atom stereocenters. The number of nitrogens with zero attached hydrogens (tertiary/aromatic N) is 1. The van der Waals surface area contributed by atoms with Crippen molar-refractivity contribution in [3.63, 3.8) is 0 Å². The lowest BCUT2D eigenvalue weighted by atomic mass is 10.1. The van der Waals surface area contributed by atoms with Crippen LogP contribution in [0.3, 0.4) is 0 Å². The molecular weight excluding hydrogens is 295 g/mol. The fourth-order valence-electron chi connectivity index (χ4n) is 1.88. The molecule has 1 fully saturated rings. The van der Waals surface area contributed by atoms with Gasteiger partial charge in [0.2, 0.25) is 0 Å². The Balaban J connectivity index is 2.19. The van der Waals surface area contributed by atoms with E-state index in [0.29, 0.717) is 0 Å². The quantitative estimate of drug-likeness (QED) is 0.448. The van der Waals surface area contributed by atoms with Gasteiger partial charge in [-0.25, -0.2) is 4.79 Å². The number of ether oxygens (including phenoxy) is 1. The molecule has 1 saturated heterocycles. The van der Waals surface area contributed by atoms with Gasteiger partial charge in [-0.05, 0) is 0 Å². The lowest BCUT2D eigenvalue weighted by Crippen LogP contribution is -2.37. The number of hydrogen-bond donors (Lipinski definition) is 4. The largest absolute Gasteiger partial charge is 0.387 e. The number of nitrogens with one attached hydrogen (secondary N) is 1. The van der Waals surface area contributed by atoms with Crippen molar-refractivity contribution in [1.29, 1.82) is 0 Å². The Kier molecular flexibility index (Phi) is 4.53. The first kappa shape index (κ1) is 15.1. The summed E-state index contributed by atoms with van der Waals surface area (Å²) in [7, 11) is -3.20. The van der Waals surface area contributed by atoms with Crippen molar-refractivity contribution >= 4 is 8.25 Å². The number of hydrogen-bond acceptors (Lipinski definition) is 7. The van der Waals surface area contributed by atoms with Gasteiger partial charge in [-0.15, -0.1) is 0 Å². The summed E-state index contributed by atoms with van der Waals surface area (Å²) in [5.74, 6) is 0. The molecule has 2 heterocycles. The Morgan fingerprint density at radius 3 is 2.70 bits per heavy atom. The monoisotopic (exact) mass is 308 g/mol. The molecule has 0 aliphatic carbocycles. The van der Waals surface area contributed by atoms with Crippen LogP contribution in [0.5, 0.6) is 0 Å². The van der Waals surface area contributed by atoms with Crippen molar-refractivity contribution in [2.45, 2.75) is 24.5 Å². The maximum Gasteiger partial charge on any atom is 0.330 e. The van der Waals surface area contributed by atoms with Crippen molar-refractivity contribution < 1.29 is 28.9 Å². The summed E-state index contributed by atoms with van der Waals surface area (Å²) in [6, 6.07) is 1.06. The van der Waals surface area contributed by atoms with E-state index in [4.69, 9.17) is 9.63 Å². The Bertz CT molecular complexity index is 612. The average molecular weight is 308 g/mol. The predicted octanol–water partition coefficient (Wildman–Crippen LogP) is -2.45. The molecule has 0 radical (unpaired) electrons. The van der Waals surface area contributed by atoms with Crippen molar-refractivity contribution in [1.82, 2.24) is 9.55 Å². The van der Waals surface area contributed by atoms with E-state index in [0.717, 1.165) is 16.8 Å². The van der Waals surface area contributed by atoms with E-state index in [1.165, 1.54) is 0 Å². The van der Waals surface area contributed by atoms with Crippen molar-refractivity contribution in [2.75, 3.05) is 6.61 Å². The van der Waals surface area contributed by atoms with E-state index in [1.807, 2.05) is 4.98 Å². The van der Waals surface area contributed by atoms with Crippen LogP contribution in [0.2, 0.25) is 0 Å². The molecule has 112 valence electrons. The van der Waals surface area contributed by atoms with Gasteiger partial charge in [0, 0.05) is 12.3 Å². The van der Waals surface area contributed by atoms with Gasteiger partial charge in [0.25, 0.3) is 5.56 Å². The molecule has 0 bridgehead atoms. The first-order chi connectivity index (χ1) is 9.40. The molecule has 0 spiro atoms. The minimum Gasteiger partial charge on any atom is -0.387 e. The van der Waals surface area contributed by atoms with Crippen molar-refractivity contribution in [3.8, 4) is 0 Å². The maximum absolute atomic E-state index is 11.6. The van der Waals surface area contributed by atoms with Crippen LogP contribution in [-0.4, -0.2) is 49.6 Å². The van der Waals surface area contributed by atoms with Crippen LogP contribution in [-0.2, 0) is 13.8 Å². The van der Waals surface area contributed by atoms with Crippen LogP contribution in [0.15, 0.2) is 21.9 Å². The molecule has 11 heteroatoms. The number of H-pyrrole nitrogens is 1. The van der Waals surface area contributed by atoms with Gasteiger partial charge < -0.3 is 24.4 Å². The topological polar surface area (TPSA) is 151 Å². The van der Waals surface area contributed by atoms with E-state index in [2.05, 4.69) is 4.52 Å². The van der Waals surface area contributed by atoms with E-state index in [1.54, 1.807) is 0 Å². The highest BCUT2D eigenvalue weighted by atomic mass is 31.1. The number of aromatic amines is 1. The van der Waals surface area contributed by atoms with Gasteiger partial charge in [0.1, 0.15) is 18.3 Å². The molecule has 4 N–H and O–H groups in total. The Morgan fingerprint density at radius 1 is 1.40 bits per heavy atom. The predicted molar refractivity (Wildman–Crippen MR) is 64.4 cm³/mol. The number of aliphatic hydroxyl groups excluding tert-OH is 2. The Labute approximate surface area is 112 Å². The van der Waals surface area contributed by atoms with E-state index in [-0.39, 0.29) is 0 Å². The molecule has 0 saturated carbocycles. The second-order valence-corrected chi connectivity index (χ2v) is 4.96. The normalized spacial score (nSPS) is 31.4. The minimum absolute atomic E-state index is 0.416. The highest BCUT2D eigenvalue weighted by Crippen LogP contribution is 2.29. The van der Waals surface area contributed by atoms with Crippen LogP contribution in [0.4, 0.5) is 0 Å². The zero-order valence-corrected chi connectivity index (χ0v) is 11.0. The van der Waals surface area contributed by atoms with Gasteiger partial charge >= 0.3 is 13.9 Å². The molecule has 20 heavy (non-hydrogen) atoms. The number of rotatable bonds is 4. The van der Waals surface area contributed by atoms with E-state index >= 15 is 0 Å². The van der Waals surface area contributed by atoms with E-state index < -0.39 is 50.7 Å². The van der Waals surface area contributed by atoms with Crippen LogP contribution < -0.4 is 11.2 Å². The lowest BCUT2D eigenvalue weighted by Gasteiger charge is -2.16. The third-order valence-corrected chi connectivity index (χ3v) is 3.25. The number of aliphatic hydroxyl groups is 2. The summed E-state index contributed by atoms with van der Waals surface area (Å²) in [4.78, 5) is 33.0. The van der Waals surface area contributed by atoms with Gasteiger partial charge in [-0.3, -0.25) is 18.9 Å². The summed E-state index contributed by atoms with van der Waals surface area (Å²) in [6.45, 7) is -0.416. The molecular formula is C9H13N2O8P. The molecule has 1 aromatic rings. The van der Waals surface area contributed by atoms with Crippen LogP contribution >= 0.6 is 8.25 Å². The molecule has 10 nitrogen and oxygen atoms in total. The fourth-order valence-corrected chi connectivity index (χ4v) is 2.18. The smallest absolute Gasteiger partial charge is 0.330 e. The number of aromatic nitrogens is 2. The SMILES string of the molecule is O=c1ccn([C@@H]2O[C@H](CO[PH](=O)O)[C@@H](O)[C@H]2O)c(=O)[nH]1. The molecule has 0 amide bonds. The summed E-state index contributed by atoms with van der Waals surface area (Å²) in [5, 5.41) is 19.6. The molecule has 1 aliphatic heterocycles. The van der Waals surface area contributed by atoms with Crippen molar-refractivity contribution in [2.24, 2.45) is 0 Å².